The average molecular weight is 557 g/mol. The third-order valence-corrected chi connectivity index (χ3v) is 8.03. The Balaban J connectivity index is 1.43. The van der Waals surface area contributed by atoms with Gasteiger partial charge in [-0.05, 0) is 68.5 Å². The molecule has 10 heteroatoms. The molecule has 202 valence electrons. The van der Waals surface area contributed by atoms with Gasteiger partial charge in [0.05, 0.1) is 16.5 Å². The molecule has 1 heterocycles. The van der Waals surface area contributed by atoms with E-state index in [9.17, 15) is 9.59 Å². The summed E-state index contributed by atoms with van der Waals surface area (Å²) in [6, 6.07) is 11.3. The molecule has 0 radical (unpaired) electrons. The van der Waals surface area contributed by atoms with Crippen molar-refractivity contribution in [1.29, 1.82) is 0 Å². The summed E-state index contributed by atoms with van der Waals surface area (Å²) in [6.07, 6.45) is 3.12. The Morgan fingerprint density at radius 2 is 1.89 bits per heavy atom. The Hall–Kier alpha value is -3.01. The van der Waals surface area contributed by atoms with E-state index in [0.29, 0.717) is 48.3 Å². The monoisotopic (exact) mass is 556 g/mol. The van der Waals surface area contributed by atoms with E-state index in [2.05, 4.69) is 22.4 Å². The van der Waals surface area contributed by atoms with Crippen LogP contribution >= 0.6 is 22.9 Å². The minimum Gasteiger partial charge on any atom is -0.492 e. The Morgan fingerprint density at radius 3 is 2.55 bits per heavy atom. The zero-order valence-electron chi connectivity index (χ0n) is 21.9. The van der Waals surface area contributed by atoms with Gasteiger partial charge in [0.2, 0.25) is 5.13 Å². The highest BCUT2D eigenvalue weighted by Gasteiger charge is 2.33. The van der Waals surface area contributed by atoms with E-state index in [1.807, 2.05) is 26.0 Å². The molecule has 2 aromatic carbocycles. The number of carbonyl (C=O) groups excluding carboxylic acids is 1. The number of nitrogens with zero attached hydrogens (tertiary/aromatic N) is 3. The predicted octanol–water partition coefficient (Wildman–Crippen LogP) is 5.75. The third kappa shape index (κ3) is 6.51. The van der Waals surface area contributed by atoms with Gasteiger partial charge in [-0.1, -0.05) is 48.4 Å². The summed E-state index contributed by atoms with van der Waals surface area (Å²) >= 11 is 7.69. The van der Waals surface area contributed by atoms with Crippen LogP contribution in [0.3, 0.4) is 0 Å². The van der Waals surface area contributed by atoms with Crippen molar-refractivity contribution in [2.75, 3.05) is 24.6 Å². The second-order valence-corrected chi connectivity index (χ2v) is 11.0. The number of aryl methyl sites for hydroxylation is 2. The van der Waals surface area contributed by atoms with Crippen LogP contribution in [0.5, 0.6) is 5.75 Å². The Kier molecular flexibility index (Phi) is 9.35. The summed E-state index contributed by atoms with van der Waals surface area (Å²) in [7, 11) is 0. The number of nitrogens with one attached hydrogen (secondary N) is 1. The number of ether oxygens (including phenoxy) is 1. The molecule has 3 aromatic rings. The molecule has 1 amide bonds. The number of halogens is 1. The highest BCUT2D eigenvalue weighted by Crippen LogP contribution is 2.35. The van der Waals surface area contributed by atoms with Gasteiger partial charge in [0, 0.05) is 24.7 Å². The van der Waals surface area contributed by atoms with Crippen molar-refractivity contribution in [3.63, 3.8) is 0 Å². The summed E-state index contributed by atoms with van der Waals surface area (Å²) in [5.41, 5.74) is 3.34. The molecular formula is C28H33ClN4O4S. The Labute approximate surface area is 232 Å². The van der Waals surface area contributed by atoms with E-state index in [4.69, 9.17) is 21.4 Å². The normalized spacial score (nSPS) is 16.6. The van der Waals surface area contributed by atoms with Crippen molar-refractivity contribution >= 4 is 39.9 Å². The number of hydrogen-bond donors (Lipinski definition) is 2. The highest BCUT2D eigenvalue weighted by molar-refractivity contribution is 7.18. The second kappa shape index (κ2) is 12.7. The number of aliphatic carboxylic acids is 1. The predicted molar refractivity (Wildman–Crippen MR) is 151 cm³/mol. The first-order valence-corrected chi connectivity index (χ1v) is 14.1. The van der Waals surface area contributed by atoms with Crippen LogP contribution < -0.4 is 15.0 Å². The molecule has 0 spiro atoms. The van der Waals surface area contributed by atoms with Gasteiger partial charge in [0.25, 0.3) is 5.91 Å². The van der Waals surface area contributed by atoms with Gasteiger partial charge in [-0.2, -0.15) is 0 Å². The van der Waals surface area contributed by atoms with Gasteiger partial charge in [-0.15, -0.1) is 10.2 Å². The van der Waals surface area contributed by atoms with Crippen molar-refractivity contribution in [3.05, 3.63) is 58.1 Å². The second-order valence-electron chi connectivity index (χ2n) is 9.63. The maximum Gasteiger partial charge on any atom is 0.306 e. The van der Waals surface area contributed by atoms with Gasteiger partial charge in [0.1, 0.15) is 17.4 Å². The maximum atomic E-state index is 13.3. The lowest BCUT2D eigenvalue weighted by molar-refractivity contribution is -0.145. The fourth-order valence-electron chi connectivity index (χ4n) is 4.53. The summed E-state index contributed by atoms with van der Waals surface area (Å²) in [5, 5.41) is 22.8. The standard InChI is InChI=1S/C28H33ClN4O4S/c1-4-5-11-33(26(34)22-8-6-7-9-23(22)29)28-32-31-25(38-28)19-13-17(2)24(18(3)14-19)37-12-10-30-21-15-20(16-21)27(35)36/h6-9,13-14,20-21,30H,4-5,10-12,15-16H2,1-3H3,(H,35,36). The van der Waals surface area contributed by atoms with E-state index in [1.54, 1.807) is 29.2 Å². The Morgan fingerprint density at radius 1 is 1.18 bits per heavy atom. The highest BCUT2D eigenvalue weighted by atomic mass is 35.5. The van der Waals surface area contributed by atoms with Crippen LogP contribution in [-0.4, -0.2) is 52.9 Å². The Bertz CT molecular complexity index is 1270. The van der Waals surface area contributed by atoms with Crippen LogP contribution in [0, 0.1) is 19.8 Å². The molecule has 1 aromatic heterocycles. The fourth-order valence-corrected chi connectivity index (χ4v) is 5.60. The molecule has 38 heavy (non-hydrogen) atoms. The maximum absolute atomic E-state index is 13.3. The van der Waals surface area contributed by atoms with Crippen LogP contribution in [0.4, 0.5) is 5.13 Å². The number of hydrogen-bond acceptors (Lipinski definition) is 7. The molecular weight excluding hydrogens is 524 g/mol. The molecule has 4 rings (SSSR count). The van der Waals surface area contributed by atoms with Gasteiger partial charge in [-0.25, -0.2) is 0 Å². The first kappa shape index (κ1) is 28.0. The first-order chi connectivity index (χ1) is 18.3. The zero-order chi connectivity index (χ0) is 27.2. The largest absolute Gasteiger partial charge is 0.492 e. The number of amides is 1. The van der Waals surface area contributed by atoms with Crippen LogP contribution in [0.15, 0.2) is 36.4 Å². The summed E-state index contributed by atoms with van der Waals surface area (Å²) in [4.78, 5) is 25.9. The van der Waals surface area contributed by atoms with Crippen LogP contribution in [0.25, 0.3) is 10.6 Å². The molecule has 0 bridgehead atoms. The molecule has 1 aliphatic rings. The number of aromatic nitrogens is 2. The third-order valence-electron chi connectivity index (χ3n) is 6.71. The minimum atomic E-state index is -0.714. The minimum absolute atomic E-state index is 0.183. The number of carboxylic acid groups (broad SMARTS) is 1. The molecule has 2 N–H and O–H groups in total. The fraction of sp³-hybridized carbons (Fsp3) is 0.429. The molecule has 0 unspecified atom stereocenters. The van der Waals surface area contributed by atoms with Crippen LogP contribution in [0.2, 0.25) is 5.02 Å². The van der Waals surface area contributed by atoms with E-state index >= 15 is 0 Å². The van der Waals surface area contributed by atoms with Crippen molar-refractivity contribution < 1.29 is 19.4 Å². The molecule has 8 nitrogen and oxygen atoms in total. The van der Waals surface area contributed by atoms with E-state index in [0.717, 1.165) is 40.3 Å². The summed E-state index contributed by atoms with van der Waals surface area (Å²) in [5.74, 6) is -0.291. The van der Waals surface area contributed by atoms with E-state index in [1.165, 1.54) is 11.3 Å². The van der Waals surface area contributed by atoms with Crippen molar-refractivity contribution in [1.82, 2.24) is 15.5 Å². The SMILES string of the molecule is CCCCN(C(=O)c1ccccc1Cl)c1nnc(-c2cc(C)c(OCCNC3CC(C(=O)O)C3)c(C)c2)s1. The molecule has 0 saturated heterocycles. The summed E-state index contributed by atoms with van der Waals surface area (Å²) < 4.78 is 6.05. The lowest BCUT2D eigenvalue weighted by Crippen LogP contribution is -2.45. The quantitative estimate of drug-likeness (QED) is 0.273. The van der Waals surface area contributed by atoms with Crippen LogP contribution in [-0.2, 0) is 4.79 Å². The van der Waals surface area contributed by atoms with Gasteiger partial charge in [-0.3, -0.25) is 14.5 Å². The lowest BCUT2D eigenvalue weighted by Gasteiger charge is -2.33. The van der Waals surface area contributed by atoms with E-state index in [-0.39, 0.29) is 17.9 Å². The molecule has 0 aliphatic heterocycles. The number of benzene rings is 2. The summed E-state index contributed by atoms with van der Waals surface area (Å²) in [6.45, 7) is 7.76. The molecule has 1 saturated carbocycles. The van der Waals surface area contributed by atoms with Gasteiger partial charge >= 0.3 is 5.97 Å². The zero-order valence-corrected chi connectivity index (χ0v) is 23.4. The van der Waals surface area contributed by atoms with Gasteiger partial charge < -0.3 is 15.2 Å². The van der Waals surface area contributed by atoms with Crippen molar-refractivity contribution in [3.8, 4) is 16.3 Å². The lowest BCUT2D eigenvalue weighted by atomic mass is 9.80. The van der Waals surface area contributed by atoms with Gasteiger partial charge in [0.15, 0.2) is 0 Å². The number of rotatable bonds is 12. The average Bonchev–Trinajstić information content (AvgIpc) is 3.34. The number of anilines is 1. The van der Waals surface area contributed by atoms with E-state index < -0.39 is 5.97 Å². The molecule has 1 fully saturated rings. The van der Waals surface area contributed by atoms with Crippen molar-refractivity contribution in [2.45, 2.75) is 52.5 Å². The number of unbranched alkanes of at least 4 members (excludes halogenated alkanes) is 1. The van der Waals surface area contributed by atoms with Crippen molar-refractivity contribution in [2.24, 2.45) is 5.92 Å². The van der Waals surface area contributed by atoms with Crippen LogP contribution in [0.1, 0.15) is 54.1 Å². The molecule has 1 aliphatic carbocycles. The first-order valence-electron chi connectivity index (χ1n) is 12.9. The molecule has 0 atom stereocenters. The number of carbonyl (C=O) groups is 2. The topological polar surface area (TPSA) is 105 Å². The smallest absolute Gasteiger partial charge is 0.306 e. The number of carboxylic acids is 1.